The van der Waals surface area contributed by atoms with E-state index < -0.39 is 28.5 Å². The number of thioether (sulfide) groups is 1. The Labute approximate surface area is 162 Å². The molecule has 8 nitrogen and oxygen atoms in total. The van der Waals surface area contributed by atoms with Crippen LogP contribution in [-0.2, 0) is 19.6 Å². The van der Waals surface area contributed by atoms with Gasteiger partial charge >= 0.3 is 5.97 Å². The molecular formula is C17H19N3O5S2. The van der Waals surface area contributed by atoms with E-state index in [1.807, 2.05) is 0 Å². The molecule has 1 aromatic heterocycles. The Kier molecular flexibility index (Phi) is 6.94. The van der Waals surface area contributed by atoms with Crippen molar-refractivity contribution in [2.45, 2.75) is 9.92 Å². The van der Waals surface area contributed by atoms with E-state index in [0.717, 1.165) is 4.31 Å². The molecule has 0 radical (unpaired) electrons. The molecule has 0 aliphatic carbocycles. The van der Waals surface area contributed by atoms with Gasteiger partial charge in [-0.15, -0.1) is 11.8 Å². The van der Waals surface area contributed by atoms with Crippen LogP contribution in [0.4, 0.5) is 5.69 Å². The van der Waals surface area contributed by atoms with Crippen molar-refractivity contribution in [1.82, 2.24) is 9.29 Å². The number of hydrogen-bond donors (Lipinski definition) is 1. The maximum absolute atomic E-state index is 12.1. The van der Waals surface area contributed by atoms with Gasteiger partial charge in [0.05, 0.1) is 10.5 Å². The van der Waals surface area contributed by atoms with Gasteiger partial charge in [-0.2, -0.15) is 0 Å². The number of sulfonamides is 1. The number of aromatic nitrogens is 1. The van der Waals surface area contributed by atoms with Crippen molar-refractivity contribution in [2.24, 2.45) is 0 Å². The summed E-state index contributed by atoms with van der Waals surface area (Å²) >= 11 is 1.29. The highest BCUT2D eigenvalue weighted by atomic mass is 32.2. The molecule has 0 unspecified atom stereocenters. The number of pyridine rings is 1. The van der Waals surface area contributed by atoms with Crippen LogP contribution in [0.2, 0.25) is 0 Å². The van der Waals surface area contributed by atoms with E-state index in [4.69, 9.17) is 4.74 Å². The van der Waals surface area contributed by atoms with E-state index in [1.165, 1.54) is 44.1 Å². The summed E-state index contributed by atoms with van der Waals surface area (Å²) < 4.78 is 30.4. The molecule has 1 heterocycles. The van der Waals surface area contributed by atoms with Crippen LogP contribution in [0, 0.1) is 0 Å². The summed E-state index contributed by atoms with van der Waals surface area (Å²) in [5, 5.41) is 3.01. The fourth-order valence-electron chi connectivity index (χ4n) is 2.06. The average Bonchev–Trinajstić information content (AvgIpc) is 2.66. The summed E-state index contributed by atoms with van der Waals surface area (Å²) in [6, 6.07) is 8.99. The minimum atomic E-state index is -3.62. The second-order valence-corrected chi connectivity index (χ2v) is 8.45. The molecule has 0 saturated heterocycles. The predicted molar refractivity (Wildman–Crippen MR) is 102 cm³/mol. The Morgan fingerprint density at radius 1 is 1.22 bits per heavy atom. The summed E-state index contributed by atoms with van der Waals surface area (Å²) in [6.07, 6.45) is 3.34. The van der Waals surface area contributed by atoms with Gasteiger partial charge in [0.15, 0.2) is 6.61 Å². The number of nitrogens with zero attached hydrogens (tertiary/aromatic N) is 2. The zero-order valence-electron chi connectivity index (χ0n) is 15.0. The van der Waals surface area contributed by atoms with Crippen LogP contribution in [0.5, 0.6) is 0 Å². The molecular weight excluding hydrogens is 390 g/mol. The highest BCUT2D eigenvalue weighted by Gasteiger charge is 2.18. The van der Waals surface area contributed by atoms with Gasteiger partial charge in [-0.1, -0.05) is 6.07 Å². The molecule has 2 rings (SSSR count). The maximum atomic E-state index is 12.1. The first-order valence-electron chi connectivity index (χ1n) is 7.74. The van der Waals surface area contributed by atoms with Gasteiger partial charge in [0.2, 0.25) is 10.0 Å². The maximum Gasteiger partial charge on any atom is 0.341 e. The van der Waals surface area contributed by atoms with Crippen molar-refractivity contribution >= 4 is 39.3 Å². The Hall–Kier alpha value is -2.43. The minimum absolute atomic E-state index is 0.0438. The van der Waals surface area contributed by atoms with Crippen LogP contribution in [-0.4, -0.2) is 56.5 Å². The lowest BCUT2D eigenvalue weighted by Gasteiger charge is -2.13. The van der Waals surface area contributed by atoms with E-state index in [9.17, 15) is 18.0 Å². The molecule has 0 spiro atoms. The summed E-state index contributed by atoms with van der Waals surface area (Å²) in [5.74, 6) is -1.25. The van der Waals surface area contributed by atoms with Crippen LogP contribution in [0.15, 0.2) is 52.5 Å². The molecule has 1 aromatic carbocycles. The first-order valence-corrected chi connectivity index (χ1v) is 10.4. The van der Waals surface area contributed by atoms with Crippen molar-refractivity contribution < 1.29 is 22.7 Å². The van der Waals surface area contributed by atoms with Crippen LogP contribution in [0.1, 0.15) is 10.4 Å². The Morgan fingerprint density at radius 3 is 2.63 bits per heavy atom. The first kappa shape index (κ1) is 20.9. The fourth-order valence-corrected chi connectivity index (χ4v) is 3.55. The molecule has 27 heavy (non-hydrogen) atoms. The second-order valence-electron chi connectivity index (χ2n) is 5.50. The molecule has 144 valence electrons. The highest BCUT2D eigenvalue weighted by molar-refractivity contribution is 7.98. The van der Waals surface area contributed by atoms with Gasteiger partial charge in [0.25, 0.3) is 5.91 Å². The number of anilines is 1. The summed E-state index contributed by atoms with van der Waals surface area (Å²) in [7, 11) is -0.781. The third-order valence-electron chi connectivity index (χ3n) is 3.42. The monoisotopic (exact) mass is 409 g/mol. The molecule has 0 bridgehead atoms. The Bertz CT molecular complexity index is 945. The highest BCUT2D eigenvalue weighted by Crippen LogP contribution is 2.19. The standard InChI is InChI=1S/C17H19N3O5S2/c1-20(2)27(23,24)13-7-4-6-12(10-13)19-15(21)11-25-17(22)14-8-5-9-18-16(14)26-3/h4-10H,11H2,1-3H3,(H,19,21). The largest absolute Gasteiger partial charge is 0.452 e. The number of nitrogens with one attached hydrogen (secondary N) is 1. The molecule has 1 amide bonds. The molecule has 0 aliphatic heterocycles. The van der Waals surface area contributed by atoms with Gasteiger partial charge in [-0.25, -0.2) is 22.5 Å². The smallest absolute Gasteiger partial charge is 0.341 e. The van der Waals surface area contributed by atoms with Crippen LogP contribution >= 0.6 is 11.8 Å². The lowest BCUT2D eigenvalue weighted by molar-refractivity contribution is -0.119. The first-order chi connectivity index (χ1) is 12.8. The van der Waals surface area contributed by atoms with E-state index >= 15 is 0 Å². The van der Waals surface area contributed by atoms with E-state index in [1.54, 1.807) is 30.7 Å². The predicted octanol–water partition coefficient (Wildman–Crippen LogP) is 1.85. The van der Waals surface area contributed by atoms with Crippen molar-refractivity contribution in [3.8, 4) is 0 Å². The SMILES string of the molecule is CSc1ncccc1C(=O)OCC(=O)Nc1cccc(S(=O)(=O)N(C)C)c1. The number of esters is 1. The molecule has 1 N–H and O–H groups in total. The topological polar surface area (TPSA) is 106 Å². The van der Waals surface area contributed by atoms with E-state index in [0.29, 0.717) is 5.03 Å². The summed E-state index contributed by atoms with van der Waals surface area (Å²) in [6.45, 7) is -0.508. The zero-order chi connectivity index (χ0) is 20.0. The van der Waals surface area contributed by atoms with Crippen LogP contribution in [0.3, 0.4) is 0 Å². The summed E-state index contributed by atoms with van der Waals surface area (Å²) in [5.41, 5.74) is 0.557. The number of amides is 1. The molecule has 2 aromatic rings. The number of carbonyl (C=O) groups excluding carboxylic acids is 2. The lowest BCUT2D eigenvalue weighted by atomic mass is 10.3. The molecule has 0 aliphatic rings. The van der Waals surface area contributed by atoms with Gasteiger partial charge < -0.3 is 10.1 Å². The molecule has 0 saturated carbocycles. The van der Waals surface area contributed by atoms with E-state index in [-0.39, 0.29) is 16.1 Å². The number of rotatable bonds is 7. The second kappa shape index (κ2) is 8.98. The quantitative estimate of drug-likeness (QED) is 0.549. The number of carbonyl (C=O) groups is 2. The van der Waals surface area contributed by atoms with Crippen LogP contribution < -0.4 is 5.32 Å². The Balaban J connectivity index is 2.01. The van der Waals surface area contributed by atoms with Gasteiger partial charge in [-0.05, 0) is 36.6 Å². The summed E-state index contributed by atoms with van der Waals surface area (Å²) in [4.78, 5) is 28.2. The number of hydrogen-bond acceptors (Lipinski definition) is 7. The van der Waals surface area contributed by atoms with Gasteiger partial charge in [0.1, 0.15) is 5.03 Å². The average molecular weight is 409 g/mol. The third-order valence-corrected chi connectivity index (χ3v) is 5.94. The van der Waals surface area contributed by atoms with Gasteiger partial charge in [-0.3, -0.25) is 4.79 Å². The normalized spacial score (nSPS) is 11.3. The van der Waals surface area contributed by atoms with E-state index in [2.05, 4.69) is 10.3 Å². The van der Waals surface area contributed by atoms with Crippen molar-refractivity contribution in [3.05, 3.63) is 48.2 Å². The molecule has 0 atom stereocenters. The number of benzene rings is 1. The zero-order valence-corrected chi connectivity index (χ0v) is 16.6. The van der Waals surface area contributed by atoms with Gasteiger partial charge in [0, 0.05) is 26.0 Å². The lowest BCUT2D eigenvalue weighted by Crippen LogP contribution is -2.23. The van der Waals surface area contributed by atoms with Crippen molar-refractivity contribution in [1.29, 1.82) is 0 Å². The Morgan fingerprint density at radius 2 is 1.96 bits per heavy atom. The number of ether oxygens (including phenoxy) is 1. The van der Waals surface area contributed by atoms with Crippen molar-refractivity contribution in [2.75, 3.05) is 32.3 Å². The molecule has 10 heteroatoms. The van der Waals surface area contributed by atoms with Crippen molar-refractivity contribution in [3.63, 3.8) is 0 Å². The molecule has 0 fully saturated rings. The van der Waals surface area contributed by atoms with Crippen LogP contribution in [0.25, 0.3) is 0 Å². The minimum Gasteiger partial charge on any atom is -0.452 e. The fraction of sp³-hybridized carbons (Fsp3) is 0.235. The third kappa shape index (κ3) is 5.28.